The Kier molecular flexibility index (Phi) is 11.3. The minimum atomic E-state index is -4.66. The van der Waals surface area contributed by atoms with Crippen molar-refractivity contribution in [1.29, 1.82) is 0 Å². The van der Waals surface area contributed by atoms with Crippen LogP contribution in [0.25, 0.3) is 11.3 Å². The smallest absolute Gasteiger partial charge is 0.419 e. The van der Waals surface area contributed by atoms with Gasteiger partial charge in [-0.3, -0.25) is 14.5 Å². The van der Waals surface area contributed by atoms with Gasteiger partial charge in [-0.2, -0.15) is 13.2 Å². The van der Waals surface area contributed by atoms with E-state index in [9.17, 15) is 27.2 Å². The predicted molar refractivity (Wildman–Crippen MR) is 162 cm³/mol. The summed E-state index contributed by atoms with van der Waals surface area (Å²) in [4.78, 5) is 39.0. The molecule has 4 heterocycles. The quantitative estimate of drug-likeness (QED) is 0.206. The van der Waals surface area contributed by atoms with Crippen LogP contribution in [0.2, 0.25) is 0 Å². The largest absolute Gasteiger partial charge is 0.481 e. The zero-order valence-corrected chi connectivity index (χ0v) is 26.0. The summed E-state index contributed by atoms with van der Waals surface area (Å²) in [5.74, 6) is -0.815. The van der Waals surface area contributed by atoms with E-state index < -0.39 is 29.8 Å². The van der Waals surface area contributed by atoms with Crippen molar-refractivity contribution in [3.63, 3.8) is 0 Å². The predicted octanol–water partition coefficient (Wildman–Crippen LogP) is 6.14. The molecule has 2 aliphatic rings. The van der Waals surface area contributed by atoms with Crippen LogP contribution >= 0.6 is 11.3 Å². The van der Waals surface area contributed by atoms with Crippen molar-refractivity contribution in [2.75, 3.05) is 36.9 Å². The SMILES string of the molecule is CNc1nc(-c2ccc(OC(C)F)c(C(F)(F)F)c2)c(CN2CCCC2C)s1.O=Cc1cnc(N2CCC(C(=O)O)CC2)cn1. The molecule has 0 bridgehead atoms. The number of hydrogen-bond donors (Lipinski definition) is 2. The molecule has 5 rings (SSSR count). The highest BCUT2D eigenvalue weighted by Gasteiger charge is 2.36. The fourth-order valence-electron chi connectivity index (χ4n) is 5.29. The number of thiazole rings is 1. The van der Waals surface area contributed by atoms with Crippen LogP contribution in [0.4, 0.5) is 28.5 Å². The number of carbonyl (C=O) groups is 2. The Morgan fingerprint density at radius 2 is 1.93 bits per heavy atom. The first-order valence-electron chi connectivity index (χ1n) is 14.6. The van der Waals surface area contributed by atoms with Gasteiger partial charge in [0, 0.05) is 50.1 Å². The second-order valence-corrected chi connectivity index (χ2v) is 12.0. The van der Waals surface area contributed by atoms with E-state index in [4.69, 9.17) is 9.84 Å². The zero-order valence-electron chi connectivity index (χ0n) is 25.2. The molecule has 15 heteroatoms. The highest BCUT2D eigenvalue weighted by atomic mass is 32.1. The number of nitrogens with one attached hydrogen (secondary N) is 1. The minimum Gasteiger partial charge on any atom is -0.481 e. The van der Waals surface area contributed by atoms with Crippen LogP contribution in [0.15, 0.2) is 30.6 Å². The van der Waals surface area contributed by atoms with Crippen LogP contribution in [0.5, 0.6) is 5.75 Å². The second-order valence-electron chi connectivity index (χ2n) is 10.9. The molecule has 0 radical (unpaired) electrons. The van der Waals surface area contributed by atoms with E-state index in [1.165, 1.54) is 23.6 Å². The molecule has 2 N–H and O–H groups in total. The monoisotopic (exact) mass is 652 g/mol. The molecule has 0 amide bonds. The van der Waals surface area contributed by atoms with E-state index in [-0.39, 0.29) is 5.92 Å². The van der Waals surface area contributed by atoms with Crippen molar-refractivity contribution in [3.05, 3.63) is 46.7 Å². The third-order valence-corrected chi connectivity index (χ3v) is 8.80. The number of carbonyl (C=O) groups excluding carboxylic acids is 1. The van der Waals surface area contributed by atoms with E-state index in [1.54, 1.807) is 13.2 Å². The minimum absolute atomic E-state index is 0.256. The maximum Gasteiger partial charge on any atom is 0.419 e. The molecule has 0 spiro atoms. The summed E-state index contributed by atoms with van der Waals surface area (Å²) in [5, 5.41) is 12.5. The fourth-order valence-corrected chi connectivity index (χ4v) is 6.25. The third-order valence-electron chi connectivity index (χ3n) is 7.74. The number of carboxylic acid groups (broad SMARTS) is 1. The van der Waals surface area contributed by atoms with Gasteiger partial charge in [-0.25, -0.2) is 19.3 Å². The molecular weight excluding hydrogens is 616 g/mol. The van der Waals surface area contributed by atoms with Crippen LogP contribution in [0, 0.1) is 5.92 Å². The highest BCUT2D eigenvalue weighted by molar-refractivity contribution is 7.16. The van der Waals surface area contributed by atoms with E-state index >= 15 is 0 Å². The molecule has 2 aliphatic heterocycles. The molecule has 10 nitrogen and oxygen atoms in total. The summed E-state index contributed by atoms with van der Waals surface area (Å²) in [7, 11) is 1.73. The number of halogens is 4. The van der Waals surface area contributed by atoms with Gasteiger partial charge < -0.3 is 20.1 Å². The maximum atomic E-state index is 13.5. The number of ether oxygens (including phenoxy) is 1. The van der Waals surface area contributed by atoms with Gasteiger partial charge in [-0.1, -0.05) is 0 Å². The topological polar surface area (TPSA) is 121 Å². The Morgan fingerprint density at radius 1 is 1.20 bits per heavy atom. The lowest BCUT2D eigenvalue weighted by Crippen LogP contribution is -2.36. The van der Waals surface area contributed by atoms with Crippen molar-refractivity contribution in [2.45, 2.75) is 64.7 Å². The Morgan fingerprint density at radius 3 is 2.47 bits per heavy atom. The van der Waals surface area contributed by atoms with Crippen LogP contribution in [-0.2, 0) is 17.5 Å². The lowest BCUT2D eigenvalue weighted by atomic mass is 9.97. The Balaban J connectivity index is 0.000000231. The number of likely N-dealkylation sites (tertiary alicyclic amines) is 1. The summed E-state index contributed by atoms with van der Waals surface area (Å²) < 4.78 is 58.4. The number of anilines is 2. The maximum absolute atomic E-state index is 13.5. The van der Waals surface area contributed by atoms with Gasteiger partial charge in [-0.15, -0.1) is 11.3 Å². The molecule has 2 fully saturated rings. The molecular formula is C30H36F4N6O4S. The van der Waals surface area contributed by atoms with Gasteiger partial charge in [-0.05, 0) is 57.4 Å². The number of aliphatic carboxylic acids is 1. The van der Waals surface area contributed by atoms with Gasteiger partial charge in [0.25, 0.3) is 0 Å². The van der Waals surface area contributed by atoms with E-state index in [2.05, 4.69) is 32.1 Å². The first kappa shape index (κ1) is 34.0. The van der Waals surface area contributed by atoms with Crippen molar-refractivity contribution in [3.8, 4) is 17.0 Å². The van der Waals surface area contributed by atoms with Crippen LogP contribution in [-0.4, -0.2) is 76.3 Å². The molecule has 0 aliphatic carbocycles. The van der Waals surface area contributed by atoms with E-state index in [1.807, 2.05) is 4.90 Å². The van der Waals surface area contributed by atoms with Crippen LogP contribution in [0.1, 0.15) is 60.5 Å². The third kappa shape index (κ3) is 8.87. The normalized spacial score (nSPS) is 18.2. The van der Waals surface area contributed by atoms with Gasteiger partial charge in [0.2, 0.25) is 6.36 Å². The fraction of sp³-hybridized carbons (Fsp3) is 0.500. The van der Waals surface area contributed by atoms with Crippen molar-refractivity contribution in [2.24, 2.45) is 5.92 Å². The summed E-state index contributed by atoms with van der Waals surface area (Å²) in [6.45, 7) is 6.11. The standard InChI is InChI=1S/C19H23F4N3OS.C11H13N3O3/c1-11-5-4-8-26(11)10-16-17(25-18(24-3)28-16)13-6-7-15(27-12(2)20)14(9-13)19(21,22)23;15-7-9-5-13-10(6-12-9)14-3-1-8(2-4-14)11(16)17/h6-7,9,11-12H,4-5,8,10H2,1-3H3,(H,24,25);5-8H,1-4H2,(H,16,17). The molecule has 2 aromatic heterocycles. The van der Waals surface area contributed by atoms with E-state index in [0.29, 0.717) is 72.7 Å². The van der Waals surface area contributed by atoms with Crippen LogP contribution in [0.3, 0.4) is 0 Å². The van der Waals surface area contributed by atoms with Crippen LogP contribution < -0.4 is 15.0 Å². The number of nitrogens with zero attached hydrogens (tertiary/aromatic N) is 5. The Labute approximate surface area is 262 Å². The van der Waals surface area contributed by atoms with Crippen molar-refractivity contribution >= 4 is 34.5 Å². The molecule has 244 valence electrons. The zero-order chi connectivity index (χ0) is 32.7. The number of carboxylic acids is 1. The molecule has 2 unspecified atom stereocenters. The molecule has 45 heavy (non-hydrogen) atoms. The number of piperidine rings is 1. The van der Waals surface area contributed by atoms with E-state index in [0.717, 1.165) is 43.3 Å². The number of aldehydes is 1. The number of alkyl halides is 4. The average molecular weight is 653 g/mol. The Bertz CT molecular complexity index is 1450. The van der Waals surface area contributed by atoms with Gasteiger partial charge in [0.05, 0.1) is 29.6 Å². The average Bonchev–Trinajstić information content (AvgIpc) is 3.62. The molecule has 1 aromatic carbocycles. The lowest BCUT2D eigenvalue weighted by Gasteiger charge is -2.30. The summed E-state index contributed by atoms with van der Waals surface area (Å²) in [5.41, 5.74) is 0.146. The highest BCUT2D eigenvalue weighted by Crippen LogP contribution is 2.41. The number of rotatable bonds is 9. The van der Waals surface area contributed by atoms with Crippen molar-refractivity contribution in [1.82, 2.24) is 19.9 Å². The Hall–Kier alpha value is -3.85. The lowest BCUT2D eigenvalue weighted by molar-refractivity contribution is -0.142. The first-order chi connectivity index (χ1) is 21.4. The molecule has 2 atom stereocenters. The van der Waals surface area contributed by atoms with Crippen molar-refractivity contribution < 1.29 is 37.0 Å². The molecule has 3 aromatic rings. The first-order valence-corrected chi connectivity index (χ1v) is 15.4. The summed E-state index contributed by atoms with van der Waals surface area (Å²) >= 11 is 1.44. The number of aromatic nitrogens is 3. The van der Waals surface area contributed by atoms with Gasteiger partial charge >= 0.3 is 12.1 Å². The number of benzene rings is 1. The van der Waals surface area contributed by atoms with Gasteiger partial charge in [0.1, 0.15) is 17.3 Å². The summed E-state index contributed by atoms with van der Waals surface area (Å²) in [6.07, 6.45) is 0.571. The van der Waals surface area contributed by atoms with Gasteiger partial charge in [0.15, 0.2) is 11.4 Å². The molecule has 0 saturated carbocycles. The number of hydrogen-bond acceptors (Lipinski definition) is 10. The summed E-state index contributed by atoms with van der Waals surface area (Å²) in [6, 6.07) is 4.08. The molecule has 2 saturated heterocycles. The second kappa shape index (κ2) is 15.0.